The van der Waals surface area contributed by atoms with Crippen molar-refractivity contribution < 1.29 is 9.90 Å². The van der Waals surface area contributed by atoms with E-state index in [2.05, 4.69) is 16.6 Å². The Morgan fingerprint density at radius 1 is 1.35 bits per heavy atom. The molecule has 0 atom stereocenters. The molecule has 0 bridgehead atoms. The number of thiazole rings is 1. The molecule has 23 heavy (non-hydrogen) atoms. The standard InChI is InChI=1S/C16H13N3O2S2/c1-2-8-19-14(21)13(10-11-3-5-12(20)6-4-11)23-16(19)18-15-17-7-9-22-15/h2-7,9-10,20H,1,8H2/b13-10-,18-16?. The molecular weight excluding hydrogens is 330 g/mol. The molecule has 1 aliphatic heterocycles. The minimum absolute atomic E-state index is 0.113. The lowest BCUT2D eigenvalue weighted by molar-refractivity contribution is -0.121. The topological polar surface area (TPSA) is 65.8 Å². The van der Waals surface area contributed by atoms with Crippen LogP contribution in [-0.4, -0.2) is 32.6 Å². The number of aromatic nitrogens is 1. The molecule has 1 fully saturated rings. The Kier molecular flexibility index (Phi) is 4.59. The number of amides is 1. The van der Waals surface area contributed by atoms with E-state index in [1.807, 2.05) is 5.38 Å². The smallest absolute Gasteiger partial charge is 0.267 e. The Bertz CT molecular complexity index is 780. The minimum atomic E-state index is -0.113. The van der Waals surface area contributed by atoms with E-state index >= 15 is 0 Å². The number of benzene rings is 1. The van der Waals surface area contributed by atoms with Gasteiger partial charge >= 0.3 is 0 Å². The number of carbonyl (C=O) groups excluding carboxylic acids is 1. The van der Waals surface area contributed by atoms with Gasteiger partial charge in [-0.1, -0.05) is 18.2 Å². The molecule has 2 aromatic rings. The minimum Gasteiger partial charge on any atom is -0.508 e. The van der Waals surface area contributed by atoms with E-state index in [1.54, 1.807) is 47.5 Å². The second-order valence-electron chi connectivity index (χ2n) is 4.62. The van der Waals surface area contributed by atoms with Gasteiger partial charge in [0.25, 0.3) is 5.91 Å². The van der Waals surface area contributed by atoms with E-state index in [0.717, 1.165) is 5.56 Å². The van der Waals surface area contributed by atoms with Gasteiger partial charge in [-0.05, 0) is 35.5 Å². The first-order valence-electron chi connectivity index (χ1n) is 6.77. The van der Waals surface area contributed by atoms with E-state index in [0.29, 0.717) is 21.7 Å². The van der Waals surface area contributed by atoms with Gasteiger partial charge in [-0.3, -0.25) is 9.69 Å². The first-order chi connectivity index (χ1) is 11.2. The maximum absolute atomic E-state index is 12.5. The number of amidine groups is 1. The molecule has 0 aliphatic carbocycles. The third-order valence-electron chi connectivity index (χ3n) is 3.00. The third kappa shape index (κ3) is 3.52. The fraction of sp³-hybridized carbons (Fsp3) is 0.0625. The van der Waals surface area contributed by atoms with Gasteiger partial charge in [0.05, 0.1) is 4.91 Å². The highest BCUT2D eigenvalue weighted by atomic mass is 32.2. The van der Waals surface area contributed by atoms with E-state index in [1.165, 1.54) is 23.1 Å². The fourth-order valence-electron chi connectivity index (χ4n) is 1.96. The van der Waals surface area contributed by atoms with Crippen LogP contribution >= 0.6 is 23.1 Å². The lowest BCUT2D eigenvalue weighted by Gasteiger charge is -2.11. The molecule has 0 saturated carbocycles. The SMILES string of the molecule is C=CCN1C(=O)/C(=C/c2ccc(O)cc2)SC1=Nc1nccs1. The zero-order chi connectivity index (χ0) is 16.2. The molecule has 2 heterocycles. The summed E-state index contributed by atoms with van der Waals surface area (Å²) in [6.45, 7) is 4.08. The summed E-state index contributed by atoms with van der Waals surface area (Å²) in [6.07, 6.45) is 5.13. The van der Waals surface area contributed by atoms with Crippen molar-refractivity contribution in [3.63, 3.8) is 0 Å². The highest BCUT2D eigenvalue weighted by Crippen LogP contribution is 2.34. The Morgan fingerprint density at radius 2 is 2.13 bits per heavy atom. The van der Waals surface area contributed by atoms with Crippen LogP contribution in [0.4, 0.5) is 5.13 Å². The molecule has 1 saturated heterocycles. The zero-order valence-corrected chi connectivity index (χ0v) is 13.7. The van der Waals surface area contributed by atoms with Gasteiger partial charge in [0.2, 0.25) is 5.13 Å². The number of thioether (sulfide) groups is 1. The van der Waals surface area contributed by atoms with Crippen molar-refractivity contribution in [3.05, 3.63) is 59.0 Å². The molecular formula is C16H13N3O2S2. The van der Waals surface area contributed by atoms with Gasteiger partial charge in [-0.25, -0.2) is 4.98 Å². The predicted molar refractivity (Wildman–Crippen MR) is 94.8 cm³/mol. The largest absolute Gasteiger partial charge is 0.508 e. The fourth-order valence-corrected chi connectivity index (χ4v) is 3.51. The van der Waals surface area contributed by atoms with Crippen molar-refractivity contribution in [3.8, 4) is 5.75 Å². The number of carbonyl (C=O) groups is 1. The molecule has 1 N–H and O–H groups in total. The van der Waals surface area contributed by atoms with Crippen molar-refractivity contribution in [1.82, 2.24) is 9.88 Å². The van der Waals surface area contributed by atoms with Gasteiger partial charge in [0.15, 0.2) is 5.17 Å². The van der Waals surface area contributed by atoms with Crippen LogP contribution in [0.3, 0.4) is 0 Å². The van der Waals surface area contributed by atoms with Crippen molar-refractivity contribution >= 4 is 45.4 Å². The van der Waals surface area contributed by atoms with Gasteiger partial charge in [0, 0.05) is 18.1 Å². The van der Waals surface area contributed by atoms with Crippen LogP contribution in [0.1, 0.15) is 5.56 Å². The van der Waals surface area contributed by atoms with E-state index in [9.17, 15) is 9.90 Å². The van der Waals surface area contributed by atoms with Crippen molar-refractivity contribution in [2.75, 3.05) is 6.54 Å². The van der Waals surface area contributed by atoms with Crippen LogP contribution in [0.25, 0.3) is 6.08 Å². The van der Waals surface area contributed by atoms with Crippen LogP contribution in [-0.2, 0) is 4.79 Å². The number of hydrogen-bond donors (Lipinski definition) is 1. The number of hydrogen-bond acceptors (Lipinski definition) is 6. The predicted octanol–water partition coefficient (Wildman–Crippen LogP) is 3.64. The molecule has 0 unspecified atom stereocenters. The Hall–Kier alpha value is -2.38. The van der Waals surface area contributed by atoms with Crippen LogP contribution in [0.15, 0.2) is 58.4 Å². The Morgan fingerprint density at radius 3 is 2.78 bits per heavy atom. The summed E-state index contributed by atoms with van der Waals surface area (Å²) in [6, 6.07) is 6.68. The normalized spacial score (nSPS) is 18.1. The number of rotatable bonds is 4. The monoisotopic (exact) mass is 343 g/mol. The lowest BCUT2D eigenvalue weighted by Crippen LogP contribution is -2.29. The number of phenolic OH excluding ortho intramolecular Hbond substituents is 1. The molecule has 7 heteroatoms. The van der Waals surface area contributed by atoms with Gasteiger partial charge in [-0.2, -0.15) is 4.99 Å². The summed E-state index contributed by atoms with van der Waals surface area (Å²) < 4.78 is 0. The molecule has 1 aromatic carbocycles. The first-order valence-corrected chi connectivity index (χ1v) is 8.46. The van der Waals surface area contributed by atoms with Gasteiger partial charge < -0.3 is 5.11 Å². The summed E-state index contributed by atoms with van der Waals surface area (Å²) in [7, 11) is 0. The quantitative estimate of drug-likeness (QED) is 0.680. The first kappa shape index (κ1) is 15.5. The molecule has 5 nitrogen and oxygen atoms in total. The van der Waals surface area contributed by atoms with E-state index in [4.69, 9.17) is 0 Å². The third-order valence-corrected chi connectivity index (χ3v) is 4.67. The van der Waals surface area contributed by atoms with Gasteiger partial charge in [-0.15, -0.1) is 17.9 Å². The Labute approximate surface area is 141 Å². The maximum Gasteiger partial charge on any atom is 0.267 e. The van der Waals surface area contributed by atoms with E-state index in [-0.39, 0.29) is 11.7 Å². The summed E-state index contributed by atoms with van der Waals surface area (Å²) in [4.78, 5) is 23.3. The number of aromatic hydroxyl groups is 1. The summed E-state index contributed by atoms with van der Waals surface area (Å²) >= 11 is 2.72. The second-order valence-corrected chi connectivity index (χ2v) is 6.50. The lowest BCUT2D eigenvalue weighted by atomic mass is 10.2. The molecule has 1 aliphatic rings. The van der Waals surface area contributed by atoms with E-state index < -0.39 is 0 Å². The maximum atomic E-state index is 12.5. The zero-order valence-electron chi connectivity index (χ0n) is 12.0. The van der Waals surface area contributed by atoms with Crippen molar-refractivity contribution in [2.24, 2.45) is 4.99 Å². The summed E-state index contributed by atoms with van der Waals surface area (Å²) in [5.41, 5.74) is 0.840. The van der Waals surface area contributed by atoms with Crippen LogP contribution in [0.2, 0.25) is 0 Å². The molecule has 1 amide bonds. The number of nitrogens with zero attached hydrogens (tertiary/aromatic N) is 3. The second kappa shape index (κ2) is 6.80. The highest BCUT2D eigenvalue weighted by Gasteiger charge is 2.32. The van der Waals surface area contributed by atoms with Crippen molar-refractivity contribution in [2.45, 2.75) is 0 Å². The van der Waals surface area contributed by atoms with Crippen LogP contribution in [0, 0.1) is 0 Å². The average molecular weight is 343 g/mol. The van der Waals surface area contributed by atoms with Gasteiger partial charge in [0.1, 0.15) is 5.75 Å². The number of phenols is 1. The molecule has 1 aromatic heterocycles. The summed E-state index contributed by atoms with van der Waals surface area (Å²) in [5.74, 6) is 0.0788. The van der Waals surface area contributed by atoms with Crippen LogP contribution in [0.5, 0.6) is 5.75 Å². The summed E-state index contributed by atoms with van der Waals surface area (Å²) in [5, 5.41) is 12.4. The van der Waals surface area contributed by atoms with Crippen molar-refractivity contribution in [1.29, 1.82) is 0 Å². The molecule has 0 spiro atoms. The molecule has 3 rings (SSSR count). The molecule has 0 radical (unpaired) electrons. The highest BCUT2D eigenvalue weighted by molar-refractivity contribution is 8.18. The average Bonchev–Trinajstić information content (AvgIpc) is 3.14. The Balaban J connectivity index is 1.92. The van der Waals surface area contributed by atoms with Crippen LogP contribution < -0.4 is 0 Å². The number of aliphatic imine (C=N–C) groups is 1. The molecule has 116 valence electrons.